The summed E-state index contributed by atoms with van der Waals surface area (Å²) in [6.07, 6.45) is -1.25. The van der Waals surface area contributed by atoms with Crippen molar-refractivity contribution in [3.8, 4) is 0 Å². The largest absolute Gasteiger partial charge is 0.368 e. The molecule has 1 aliphatic heterocycles. The van der Waals surface area contributed by atoms with Crippen LogP contribution in [-0.4, -0.2) is 22.6 Å². The molecule has 0 aromatic heterocycles. The van der Waals surface area contributed by atoms with Gasteiger partial charge in [-0.15, -0.1) is 0 Å². The minimum atomic E-state index is -2.60. The molecule has 0 amide bonds. The molecule has 0 unspecified atom stereocenters. The molecule has 1 rings (SSSR count). The highest BCUT2D eigenvalue weighted by atomic mass is 127. The van der Waals surface area contributed by atoms with Crippen LogP contribution in [0.1, 0.15) is 13.3 Å². The molecule has 0 aromatic rings. The monoisotopic (exact) mass is 262 g/mol. The van der Waals surface area contributed by atoms with Crippen molar-refractivity contribution < 1.29 is 13.5 Å². The Labute approximate surface area is 72.3 Å². The van der Waals surface area contributed by atoms with E-state index in [4.69, 9.17) is 4.74 Å². The Morgan fingerprint density at radius 3 is 2.50 bits per heavy atom. The van der Waals surface area contributed by atoms with E-state index < -0.39 is 12.0 Å². The van der Waals surface area contributed by atoms with Gasteiger partial charge in [0.15, 0.2) is 0 Å². The second-order valence-electron chi connectivity index (χ2n) is 2.52. The summed E-state index contributed by atoms with van der Waals surface area (Å²) in [5.74, 6) is -2.60. The summed E-state index contributed by atoms with van der Waals surface area (Å²) in [4.78, 5) is 0. The fourth-order valence-corrected chi connectivity index (χ4v) is 1.52. The first-order chi connectivity index (χ1) is 4.56. The molecule has 0 aromatic carbocycles. The fourth-order valence-electron chi connectivity index (χ4n) is 0.997. The van der Waals surface area contributed by atoms with Crippen LogP contribution >= 0.6 is 22.6 Å². The minimum absolute atomic E-state index is 0.114. The Balaban J connectivity index is 2.53. The van der Waals surface area contributed by atoms with Gasteiger partial charge in [-0.25, -0.2) is 8.78 Å². The van der Waals surface area contributed by atoms with E-state index in [1.54, 1.807) is 0 Å². The zero-order valence-corrected chi connectivity index (χ0v) is 7.77. The van der Waals surface area contributed by atoms with Gasteiger partial charge >= 0.3 is 0 Å². The van der Waals surface area contributed by atoms with Crippen LogP contribution in [-0.2, 0) is 4.74 Å². The number of ether oxygens (including phenoxy) is 1. The Hall–Kier alpha value is 0.550. The molecule has 0 spiro atoms. The first-order valence-electron chi connectivity index (χ1n) is 3.15. The van der Waals surface area contributed by atoms with Crippen molar-refractivity contribution in [2.75, 3.05) is 4.43 Å². The second kappa shape index (κ2) is 2.89. The molecule has 10 heavy (non-hydrogen) atoms. The Bertz CT molecular complexity index is 129. The van der Waals surface area contributed by atoms with E-state index in [0.717, 1.165) is 0 Å². The molecular weight excluding hydrogens is 253 g/mol. The molecule has 1 fully saturated rings. The van der Waals surface area contributed by atoms with Crippen molar-refractivity contribution in [1.29, 1.82) is 0 Å². The zero-order chi connectivity index (χ0) is 7.78. The summed E-state index contributed by atoms with van der Waals surface area (Å²) >= 11 is 2.06. The van der Waals surface area contributed by atoms with Crippen LogP contribution in [0.2, 0.25) is 0 Å². The lowest BCUT2D eigenvalue weighted by atomic mass is 10.1. The molecule has 0 N–H and O–H groups in total. The molecule has 1 heterocycles. The van der Waals surface area contributed by atoms with Gasteiger partial charge in [0.1, 0.15) is 6.10 Å². The summed E-state index contributed by atoms with van der Waals surface area (Å²) in [6.45, 7) is 1.42. The Morgan fingerprint density at radius 2 is 2.30 bits per heavy atom. The van der Waals surface area contributed by atoms with Crippen LogP contribution in [0.25, 0.3) is 0 Å². The molecule has 1 aliphatic rings. The third kappa shape index (κ3) is 1.58. The highest BCUT2D eigenvalue weighted by Crippen LogP contribution is 2.35. The van der Waals surface area contributed by atoms with Crippen molar-refractivity contribution in [2.45, 2.75) is 31.5 Å². The van der Waals surface area contributed by atoms with E-state index in [0.29, 0.717) is 4.43 Å². The summed E-state index contributed by atoms with van der Waals surface area (Å²) in [7, 11) is 0. The van der Waals surface area contributed by atoms with E-state index in [2.05, 4.69) is 22.6 Å². The van der Waals surface area contributed by atoms with Crippen LogP contribution < -0.4 is 0 Å². The van der Waals surface area contributed by atoms with Gasteiger partial charge in [0.2, 0.25) is 0 Å². The summed E-state index contributed by atoms with van der Waals surface area (Å²) in [6, 6.07) is 0. The van der Waals surface area contributed by atoms with Crippen LogP contribution in [0.15, 0.2) is 0 Å². The lowest BCUT2D eigenvalue weighted by molar-refractivity contribution is -0.0627. The summed E-state index contributed by atoms with van der Waals surface area (Å²) < 4.78 is 30.9. The van der Waals surface area contributed by atoms with E-state index in [1.165, 1.54) is 6.92 Å². The molecule has 0 aliphatic carbocycles. The molecule has 0 saturated carbocycles. The van der Waals surface area contributed by atoms with Gasteiger partial charge in [-0.3, -0.25) is 0 Å². The molecule has 60 valence electrons. The summed E-state index contributed by atoms with van der Waals surface area (Å²) in [5.41, 5.74) is 0. The van der Waals surface area contributed by atoms with Crippen molar-refractivity contribution in [2.24, 2.45) is 0 Å². The normalized spacial score (nSPS) is 38.4. The second-order valence-corrected chi connectivity index (χ2v) is 3.40. The highest BCUT2D eigenvalue weighted by molar-refractivity contribution is 14.1. The highest BCUT2D eigenvalue weighted by Gasteiger charge is 2.46. The van der Waals surface area contributed by atoms with E-state index >= 15 is 0 Å². The molecule has 1 nitrogen and oxygen atoms in total. The van der Waals surface area contributed by atoms with Gasteiger partial charge in [-0.2, -0.15) is 0 Å². The molecule has 0 bridgehead atoms. The first kappa shape index (κ1) is 8.64. The maximum absolute atomic E-state index is 12.6. The zero-order valence-electron chi connectivity index (χ0n) is 5.61. The standard InChI is InChI=1S/C6H9F2IO/c1-4-6(7,8)2-5(3-9)10-4/h4-5H,2-3H2,1H3/t4-,5+/m1/s1. The van der Waals surface area contributed by atoms with E-state index in [-0.39, 0.29) is 12.5 Å². The number of halogens is 3. The molecule has 1 saturated heterocycles. The van der Waals surface area contributed by atoms with Crippen LogP contribution in [0.3, 0.4) is 0 Å². The van der Waals surface area contributed by atoms with Gasteiger partial charge in [-0.05, 0) is 6.92 Å². The van der Waals surface area contributed by atoms with Crippen molar-refractivity contribution >= 4 is 22.6 Å². The van der Waals surface area contributed by atoms with Gasteiger partial charge in [0, 0.05) is 10.8 Å². The topological polar surface area (TPSA) is 9.23 Å². The number of hydrogen-bond donors (Lipinski definition) is 0. The smallest absolute Gasteiger partial charge is 0.275 e. The molecule has 0 radical (unpaired) electrons. The minimum Gasteiger partial charge on any atom is -0.368 e. The fraction of sp³-hybridized carbons (Fsp3) is 1.00. The quantitative estimate of drug-likeness (QED) is 0.520. The van der Waals surface area contributed by atoms with E-state index in [9.17, 15) is 8.78 Å². The Morgan fingerprint density at radius 1 is 1.70 bits per heavy atom. The van der Waals surface area contributed by atoms with E-state index in [1.807, 2.05) is 0 Å². The molecule has 4 heteroatoms. The first-order valence-corrected chi connectivity index (χ1v) is 4.68. The van der Waals surface area contributed by atoms with Crippen LogP contribution in [0.5, 0.6) is 0 Å². The number of alkyl halides is 3. The number of hydrogen-bond acceptors (Lipinski definition) is 1. The van der Waals surface area contributed by atoms with Gasteiger partial charge in [0.05, 0.1) is 6.10 Å². The molecular formula is C6H9F2IO. The predicted octanol–water partition coefficient (Wildman–Crippen LogP) is 2.23. The third-order valence-electron chi connectivity index (χ3n) is 1.66. The lowest BCUT2D eigenvalue weighted by Gasteiger charge is -2.10. The van der Waals surface area contributed by atoms with Gasteiger partial charge < -0.3 is 4.74 Å². The average Bonchev–Trinajstić information content (AvgIpc) is 2.08. The van der Waals surface area contributed by atoms with Crippen LogP contribution in [0, 0.1) is 0 Å². The predicted molar refractivity (Wildman–Crippen MR) is 42.8 cm³/mol. The summed E-state index contributed by atoms with van der Waals surface area (Å²) in [5, 5.41) is 0. The maximum Gasteiger partial charge on any atom is 0.275 e. The van der Waals surface area contributed by atoms with Crippen molar-refractivity contribution in [3.05, 3.63) is 0 Å². The molecule has 2 atom stereocenters. The Kier molecular flexibility index (Phi) is 2.50. The SMILES string of the molecule is C[C@H]1O[C@H](CI)CC1(F)F. The van der Waals surface area contributed by atoms with Gasteiger partial charge in [-0.1, -0.05) is 22.6 Å². The van der Waals surface area contributed by atoms with Crippen LogP contribution in [0.4, 0.5) is 8.78 Å². The number of rotatable bonds is 1. The van der Waals surface area contributed by atoms with Crippen molar-refractivity contribution in [3.63, 3.8) is 0 Å². The lowest BCUT2D eigenvalue weighted by Crippen LogP contribution is -2.24. The maximum atomic E-state index is 12.6. The van der Waals surface area contributed by atoms with Crippen molar-refractivity contribution in [1.82, 2.24) is 0 Å². The average molecular weight is 262 g/mol. The third-order valence-corrected chi connectivity index (χ3v) is 2.65. The van der Waals surface area contributed by atoms with Gasteiger partial charge in [0.25, 0.3) is 5.92 Å².